The lowest BCUT2D eigenvalue weighted by atomic mass is 9.94. The van der Waals surface area contributed by atoms with Crippen molar-refractivity contribution in [3.63, 3.8) is 0 Å². The van der Waals surface area contributed by atoms with Crippen molar-refractivity contribution in [1.82, 2.24) is 4.90 Å². The molecule has 2 fully saturated rings. The van der Waals surface area contributed by atoms with E-state index >= 15 is 0 Å². The summed E-state index contributed by atoms with van der Waals surface area (Å²) in [5.74, 6) is 0.423. The number of phenolic OH excluding ortho intramolecular Hbond substituents is 1. The molecule has 21 heavy (non-hydrogen) atoms. The standard InChI is InChI=1S/C17H24N2O2/c18-17(8-1-2-9-17)11-16(21)19(14-6-7-14)12-13-4-3-5-15(20)10-13/h3-5,10,14,20H,1-2,6-9,11-12,18H2. The minimum absolute atomic E-state index is 0.172. The Hall–Kier alpha value is -1.55. The summed E-state index contributed by atoms with van der Waals surface area (Å²) in [6.45, 7) is 0.577. The molecule has 3 N–H and O–H groups in total. The minimum atomic E-state index is -0.289. The predicted octanol–water partition coefficient (Wildman–Crippen LogP) is 2.54. The van der Waals surface area contributed by atoms with E-state index in [4.69, 9.17) is 5.73 Å². The molecule has 1 aromatic carbocycles. The van der Waals surface area contributed by atoms with Crippen LogP contribution in [-0.4, -0.2) is 27.5 Å². The van der Waals surface area contributed by atoms with Crippen LogP contribution in [0.15, 0.2) is 24.3 Å². The summed E-state index contributed by atoms with van der Waals surface area (Å²) in [5.41, 5.74) is 7.04. The maximum atomic E-state index is 12.7. The SMILES string of the molecule is NC1(CC(=O)N(Cc2cccc(O)c2)C2CC2)CCCC1. The van der Waals surface area contributed by atoms with E-state index in [0.29, 0.717) is 19.0 Å². The molecule has 0 radical (unpaired) electrons. The number of carbonyl (C=O) groups excluding carboxylic acids is 1. The summed E-state index contributed by atoms with van der Waals surface area (Å²) in [7, 11) is 0. The Morgan fingerprint density at radius 3 is 2.67 bits per heavy atom. The minimum Gasteiger partial charge on any atom is -0.508 e. The van der Waals surface area contributed by atoms with Crippen molar-refractivity contribution in [2.45, 2.75) is 63.1 Å². The smallest absolute Gasteiger partial charge is 0.224 e. The largest absolute Gasteiger partial charge is 0.508 e. The van der Waals surface area contributed by atoms with Crippen molar-refractivity contribution in [2.75, 3.05) is 0 Å². The Bertz CT molecular complexity index is 519. The second-order valence-corrected chi connectivity index (χ2v) is 6.67. The van der Waals surface area contributed by atoms with Crippen molar-refractivity contribution >= 4 is 5.91 Å². The van der Waals surface area contributed by atoms with Crippen LogP contribution in [0.1, 0.15) is 50.5 Å². The van der Waals surface area contributed by atoms with Crippen LogP contribution in [0.4, 0.5) is 0 Å². The Morgan fingerprint density at radius 1 is 1.33 bits per heavy atom. The zero-order chi connectivity index (χ0) is 14.9. The lowest BCUT2D eigenvalue weighted by Crippen LogP contribution is -2.44. The van der Waals surface area contributed by atoms with Crippen LogP contribution in [0.3, 0.4) is 0 Å². The second-order valence-electron chi connectivity index (χ2n) is 6.67. The van der Waals surface area contributed by atoms with Gasteiger partial charge in [-0.3, -0.25) is 4.79 Å². The fraction of sp³-hybridized carbons (Fsp3) is 0.588. The first-order chi connectivity index (χ1) is 10.1. The number of nitrogens with zero attached hydrogens (tertiary/aromatic N) is 1. The highest BCUT2D eigenvalue weighted by molar-refractivity contribution is 5.78. The van der Waals surface area contributed by atoms with Gasteiger partial charge in [0.25, 0.3) is 0 Å². The summed E-state index contributed by atoms with van der Waals surface area (Å²) < 4.78 is 0. The molecule has 0 spiro atoms. The Morgan fingerprint density at radius 2 is 2.05 bits per heavy atom. The van der Waals surface area contributed by atoms with Crippen LogP contribution in [0, 0.1) is 0 Å². The van der Waals surface area contributed by atoms with Gasteiger partial charge in [-0.25, -0.2) is 0 Å². The molecule has 0 heterocycles. The average Bonchev–Trinajstić information content (AvgIpc) is 3.18. The molecule has 1 aromatic rings. The van der Waals surface area contributed by atoms with Crippen molar-refractivity contribution in [3.05, 3.63) is 29.8 Å². The van der Waals surface area contributed by atoms with Crippen LogP contribution in [0.2, 0.25) is 0 Å². The summed E-state index contributed by atoms with van der Waals surface area (Å²) in [5, 5.41) is 9.57. The van der Waals surface area contributed by atoms with Gasteiger partial charge in [0.15, 0.2) is 0 Å². The molecule has 4 heteroatoms. The topological polar surface area (TPSA) is 66.6 Å². The van der Waals surface area contributed by atoms with E-state index in [9.17, 15) is 9.90 Å². The number of benzene rings is 1. The molecule has 0 aliphatic heterocycles. The number of amides is 1. The Labute approximate surface area is 125 Å². The highest BCUT2D eigenvalue weighted by Gasteiger charge is 2.37. The molecular formula is C17H24N2O2. The molecule has 2 saturated carbocycles. The number of rotatable bonds is 5. The molecule has 4 nitrogen and oxygen atoms in total. The van der Waals surface area contributed by atoms with Gasteiger partial charge in [-0.2, -0.15) is 0 Å². The van der Waals surface area contributed by atoms with Gasteiger partial charge in [0.1, 0.15) is 5.75 Å². The maximum Gasteiger partial charge on any atom is 0.224 e. The molecule has 0 saturated heterocycles. The lowest BCUT2D eigenvalue weighted by molar-refractivity contribution is -0.133. The van der Waals surface area contributed by atoms with Crippen molar-refractivity contribution in [3.8, 4) is 5.75 Å². The summed E-state index contributed by atoms with van der Waals surface area (Å²) >= 11 is 0. The lowest BCUT2D eigenvalue weighted by Gasteiger charge is -2.29. The van der Waals surface area contributed by atoms with E-state index in [-0.39, 0.29) is 17.2 Å². The summed E-state index contributed by atoms with van der Waals surface area (Å²) in [6.07, 6.45) is 6.83. The highest BCUT2D eigenvalue weighted by Crippen LogP contribution is 2.34. The van der Waals surface area contributed by atoms with E-state index in [0.717, 1.165) is 44.1 Å². The van der Waals surface area contributed by atoms with Crippen LogP contribution in [-0.2, 0) is 11.3 Å². The first-order valence-electron chi connectivity index (χ1n) is 7.92. The van der Waals surface area contributed by atoms with Crippen LogP contribution in [0.5, 0.6) is 5.75 Å². The molecule has 114 valence electrons. The zero-order valence-corrected chi connectivity index (χ0v) is 12.4. The van der Waals surface area contributed by atoms with Gasteiger partial charge in [0, 0.05) is 24.5 Å². The quantitative estimate of drug-likeness (QED) is 0.875. The summed E-state index contributed by atoms with van der Waals surface area (Å²) in [6, 6.07) is 7.53. The number of aromatic hydroxyl groups is 1. The average molecular weight is 288 g/mol. The molecular weight excluding hydrogens is 264 g/mol. The molecule has 1 amide bonds. The molecule has 0 bridgehead atoms. The molecule has 2 aliphatic rings. The maximum absolute atomic E-state index is 12.7. The number of nitrogens with two attached hydrogens (primary N) is 1. The van der Waals surface area contributed by atoms with Gasteiger partial charge < -0.3 is 15.7 Å². The molecule has 0 unspecified atom stereocenters. The zero-order valence-electron chi connectivity index (χ0n) is 12.4. The summed E-state index contributed by atoms with van der Waals surface area (Å²) in [4.78, 5) is 14.6. The normalized spacial score (nSPS) is 20.4. The van der Waals surface area contributed by atoms with Gasteiger partial charge in [-0.15, -0.1) is 0 Å². The monoisotopic (exact) mass is 288 g/mol. The third-order valence-electron chi connectivity index (χ3n) is 4.67. The number of hydrogen-bond acceptors (Lipinski definition) is 3. The van der Waals surface area contributed by atoms with Crippen LogP contribution in [0.25, 0.3) is 0 Å². The molecule has 0 atom stereocenters. The second kappa shape index (κ2) is 5.68. The van der Waals surface area contributed by atoms with E-state index in [2.05, 4.69) is 0 Å². The van der Waals surface area contributed by atoms with Gasteiger partial charge in [-0.1, -0.05) is 25.0 Å². The molecule has 3 rings (SSSR count). The fourth-order valence-corrected chi connectivity index (χ4v) is 3.32. The van der Waals surface area contributed by atoms with Gasteiger partial charge in [-0.05, 0) is 43.4 Å². The van der Waals surface area contributed by atoms with Crippen LogP contribution >= 0.6 is 0 Å². The van der Waals surface area contributed by atoms with E-state index in [1.54, 1.807) is 12.1 Å². The first-order valence-corrected chi connectivity index (χ1v) is 7.92. The third kappa shape index (κ3) is 3.56. The first kappa shape index (κ1) is 14.4. The number of carbonyl (C=O) groups is 1. The number of phenols is 1. The van der Waals surface area contributed by atoms with E-state index in [1.807, 2.05) is 17.0 Å². The Kier molecular flexibility index (Phi) is 3.89. The van der Waals surface area contributed by atoms with Gasteiger partial charge >= 0.3 is 0 Å². The van der Waals surface area contributed by atoms with Crippen molar-refractivity contribution in [2.24, 2.45) is 5.73 Å². The van der Waals surface area contributed by atoms with Gasteiger partial charge in [0.05, 0.1) is 0 Å². The van der Waals surface area contributed by atoms with Gasteiger partial charge in [0.2, 0.25) is 5.91 Å². The molecule has 0 aromatic heterocycles. The van der Waals surface area contributed by atoms with Crippen LogP contribution < -0.4 is 5.73 Å². The number of hydrogen-bond donors (Lipinski definition) is 2. The molecule has 2 aliphatic carbocycles. The fourth-order valence-electron chi connectivity index (χ4n) is 3.32. The van der Waals surface area contributed by atoms with Crippen molar-refractivity contribution in [1.29, 1.82) is 0 Å². The highest BCUT2D eigenvalue weighted by atomic mass is 16.3. The van der Waals surface area contributed by atoms with E-state index in [1.165, 1.54) is 0 Å². The Balaban J connectivity index is 1.68. The predicted molar refractivity (Wildman–Crippen MR) is 81.7 cm³/mol. The van der Waals surface area contributed by atoms with Crippen molar-refractivity contribution < 1.29 is 9.90 Å². The third-order valence-corrected chi connectivity index (χ3v) is 4.67. The van der Waals surface area contributed by atoms with E-state index < -0.39 is 0 Å².